The number of rotatable bonds is 5. The summed E-state index contributed by atoms with van der Waals surface area (Å²) in [6, 6.07) is 9.03. The minimum atomic E-state index is -2.89. The van der Waals surface area contributed by atoms with Crippen molar-refractivity contribution in [2.45, 2.75) is 13.0 Å². The van der Waals surface area contributed by atoms with Crippen molar-refractivity contribution >= 4 is 39.1 Å². The van der Waals surface area contributed by atoms with E-state index in [-0.39, 0.29) is 12.2 Å². The minimum Gasteiger partial charge on any atom is -0.435 e. The van der Waals surface area contributed by atoms with Crippen LogP contribution in [0.2, 0.25) is 0 Å². The van der Waals surface area contributed by atoms with Gasteiger partial charge in [0.1, 0.15) is 5.75 Å². The number of benzene rings is 1. The van der Waals surface area contributed by atoms with Crippen LogP contribution in [0.3, 0.4) is 0 Å². The fourth-order valence-electron chi connectivity index (χ4n) is 1.64. The molecule has 122 valence electrons. The Morgan fingerprint density at radius 3 is 2.39 bits per heavy atom. The number of ether oxygens (including phenoxy) is 1. The molecular formula is C14H11BrF2N2O3S. The van der Waals surface area contributed by atoms with Crippen LogP contribution in [-0.2, 0) is 11.2 Å². The van der Waals surface area contributed by atoms with E-state index in [4.69, 9.17) is 0 Å². The largest absolute Gasteiger partial charge is 0.435 e. The molecular weight excluding hydrogens is 394 g/mol. The molecule has 0 aliphatic heterocycles. The molecule has 0 aliphatic carbocycles. The molecule has 0 fully saturated rings. The van der Waals surface area contributed by atoms with E-state index in [1.54, 1.807) is 12.1 Å². The molecule has 1 aromatic heterocycles. The zero-order valence-corrected chi connectivity index (χ0v) is 13.9. The number of hydrogen-bond acceptors (Lipinski definition) is 4. The van der Waals surface area contributed by atoms with Crippen LogP contribution in [0.5, 0.6) is 5.75 Å². The molecule has 2 N–H and O–H groups in total. The van der Waals surface area contributed by atoms with Crippen molar-refractivity contribution in [3.63, 3.8) is 0 Å². The summed E-state index contributed by atoms with van der Waals surface area (Å²) in [5.74, 6) is -0.841. The van der Waals surface area contributed by atoms with Gasteiger partial charge < -0.3 is 4.74 Å². The minimum absolute atomic E-state index is 0.0105. The maximum atomic E-state index is 12.0. The number of carbonyl (C=O) groups is 2. The fraction of sp³-hybridized carbons (Fsp3) is 0.143. The first-order chi connectivity index (χ1) is 10.9. The molecule has 0 atom stereocenters. The van der Waals surface area contributed by atoms with E-state index in [1.807, 2.05) is 0 Å². The maximum Gasteiger partial charge on any atom is 0.387 e. The van der Waals surface area contributed by atoms with Crippen molar-refractivity contribution < 1.29 is 23.1 Å². The Bertz CT molecular complexity index is 692. The average molecular weight is 405 g/mol. The lowest BCUT2D eigenvalue weighted by Gasteiger charge is -2.07. The number of carbonyl (C=O) groups excluding carboxylic acids is 2. The van der Waals surface area contributed by atoms with E-state index in [1.165, 1.54) is 35.6 Å². The van der Waals surface area contributed by atoms with Gasteiger partial charge in [0.15, 0.2) is 0 Å². The van der Waals surface area contributed by atoms with Gasteiger partial charge in [0.05, 0.1) is 15.1 Å². The first-order valence-electron chi connectivity index (χ1n) is 6.32. The van der Waals surface area contributed by atoms with Gasteiger partial charge in [-0.25, -0.2) is 0 Å². The first-order valence-corrected chi connectivity index (χ1v) is 7.93. The van der Waals surface area contributed by atoms with Crippen molar-refractivity contribution in [1.82, 2.24) is 10.9 Å². The molecule has 0 saturated carbocycles. The second-order valence-electron chi connectivity index (χ2n) is 4.31. The Kier molecular flexibility index (Phi) is 6.05. The molecule has 1 heterocycles. The predicted molar refractivity (Wildman–Crippen MR) is 84.4 cm³/mol. The van der Waals surface area contributed by atoms with Crippen LogP contribution >= 0.6 is 27.3 Å². The number of hydrogen-bond donors (Lipinski definition) is 2. The lowest BCUT2D eigenvalue weighted by Crippen LogP contribution is -2.42. The van der Waals surface area contributed by atoms with Crippen LogP contribution in [-0.4, -0.2) is 18.4 Å². The molecule has 0 spiro atoms. The van der Waals surface area contributed by atoms with Gasteiger partial charge in [-0.3, -0.25) is 20.4 Å². The van der Waals surface area contributed by atoms with Crippen LogP contribution in [0.4, 0.5) is 8.78 Å². The van der Waals surface area contributed by atoms with Gasteiger partial charge in [0, 0.05) is 0 Å². The number of halogens is 3. The third kappa shape index (κ3) is 5.61. The molecule has 0 radical (unpaired) electrons. The molecule has 0 saturated heterocycles. The lowest BCUT2D eigenvalue weighted by molar-refractivity contribution is -0.121. The van der Waals surface area contributed by atoms with Crippen molar-refractivity contribution in [1.29, 1.82) is 0 Å². The molecule has 5 nitrogen and oxygen atoms in total. The van der Waals surface area contributed by atoms with E-state index in [0.29, 0.717) is 10.4 Å². The molecule has 0 aliphatic rings. The van der Waals surface area contributed by atoms with E-state index in [0.717, 1.165) is 3.79 Å². The maximum absolute atomic E-state index is 12.0. The normalized spacial score (nSPS) is 10.4. The van der Waals surface area contributed by atoms with Gasteiger partial charge in [0.25, 0.3) is 5.91 Å². The zero-order chi connectivity index (χ0) is 16.8. The lowest BCUT2D eigenvalue weighted by atomic mass is 10.1. The fourth-order valence-corrected chi connectivity index (χ4v) is 2.92. The molecule has 0 unspecified atom stereocenters. The molecule has 1 aromatic carbocycles. The van der Waals surface area contributed by atoms with Crippen LogP contribution in [0.1, 0.15) is 15.2 Å². The monoisotopic (exact) mass is 404 g/mol. The van der Waals surface area contributed by atoms with Gasteiger partial charge in [-0.2, -0.15) is 8.78 Å². The topological polar surface area (TPSA) is 67.4 Å². The van der Waals surface area contributed by atoms with Crippen LogP contribution in [0.15, 0.2) is 40.2 Å². The highest BCUT2D eigenvalue weighted by Crippen LogP contribution is 2.21. The average Bonchev–Trinajstić information content (AvgIpc) is 2.93. The summed E-state index contributed by atoms with van der Waals surface area (Å²) >= 11 is 4.48. The zero-order valence-electron chi connectivity index (χ0n) is 11.5. The molecule has 2 rings (SSSR count). The number of hydrazine groups is 1. The highest BCUT2D eigenvalue weighted by Gasteiger charge is 2.10. The summed E-state index contributed by atoms with van der Waals surface area (Å²) in [5, 5.41) is 0. The van der Waals surface area contributed by atoms with Gasteiger partial charge in [-0.05, 0) is 45.8 Å². The summed E-state index contributed by atoms with van der Waals surface area (Å²) in [6.45, 7) is -2.89. The van der Waals surface area contributed by atoms with Gasteiger partial charge in [0.2, 0.25) is 5.91 Å². The predicted octanol–water partition coefficient (Wildman–Crippen LogP) is 3.12. The number of nitrogens with one attached hydrogen (secondary N) is 2. The Morgan fingerprint density at radius 1 is 1.13 bits per heavy atom. The third-order valence-electron chi connectivity index (χ3n) is 2.63. The number of alkyl halides is 2. The summed E-state index contributed by atoms with van der Waals surface area (Å²) in [7, 11) is 0. The van der Waals surface area contributed by atoms with E-state index in [9.17, 15) is 18.4 Å². The standard InChI is InChI=1S/C14H11BrF2N2O3S/c15-11-6-5-10(23-11)13(21)19-18-12(20)7-8-1-3-9(4-2-8)22-14(16)17/h1-6,14H,7H2,(H,18,20)(H,19,21). The Balaban J connectivity index is 1.81. The summed E-state index contributed by atoms with van der Waals surface area (Å²) < 4.78 is 29.1. The van der Waals surface area contributed by atoms with Crippen LogP contribution < -0.4 is 15.6 Å². The molecule has 0 bridgehead atoms. The summed E-state index contributed by atoms with van der Waals surface area (Å²) in [5.41, 5.74) is 5.18. The van der Waals surface area contributed by atoms with Crippen molar-refractivity contribution in [2.75, 3.05) is 0 Å². The Hall–Kier alpha value is -2.00. The van der Waals surface area contributed by atoms with Gasteiger partial charge in [-0.1, -0.05) is 12.1 Å². The van der Waals surface area contributed by atoms with Crippen molar-refractivity contribution in [3.8, 4) is 5.75 Å². The van der Waals surface area contributed by atoms with E-state index < -0.39 is 18.4 Å². The number of thiophene rings is 1. The smallest absolute Gasteiger partial charge is 0.387 e. The Morgan fingerprint density at radius 2 is 1.83 bits per heavy atom. The third-order valence-corrected chi connectivity index (χ3v) is 4.25. The second-order valence-corrected chi connectivity index (χ2v) is 6.77. The molecule has 2 amide bonds. The second kappa shape index (κ2) is 8.02. The highest BCUT2D eigenvalue weighted by molar-refractivity contribution is 9.11. The van der Waals surface area contributed by atoms with Gasteiger partial charge >= 0.3 is 6.61 Å². The van der Waals surface area contributed by atoms with Crippen LogP contribution in [0, 0.1) is 0 Å². The SMILES string of the molecule is O=C(Cc1ccc(OC(F)F)cc1)NNC(=O)c1ccc(Br)s1. The first kappa shape index (κ1) is 17.4. The van der Waals surface area contributed by atoms with Crippen molar-refractivity contribution in [2.24, 2.45) is 0 Å². The molecule has 23 heavy (non-hydrogen) atoms. The van der Waals surface area contributed by atoms with Gasteiger partial charge in [-0.15, -0.1) is 11.3 Å². The molecule has 9 heteroatoms. The van der Waals surface area contributed by atoms with E-state index in [2.05, 4.69) is 31.5 Å². The quantitative estimate of drug-likeness (QED) is 0.752. The van der Waals surface area contributed by atoms with Crippen molar-refractivity contribution in [3.05, 3.63) is 50.6 Å². The summed E-state index contributed by atoms with van der Waals surface area (Å²) in [4.78, 5) is 23.9. The summed E-state index contributed by atoms with van der Waals surface area (Å²) in [6.07, 6.45) is -0.0105. The number of amides is 2. The molecule has 2 aromatic rings. The Labute approximate surface area is 142 Å². The van der Waals surface area contributed by atoms with Crippen LogP contribution in [0.25, 0.3) is 0 Å². The highest BCUT2D eigenvalue weighted by atomic mass is 79.9. The van der Waals surface area contributed by atoms with E-state index >= 15 is 0 Å².